The molecule has 0 saturated heterocycles. The molecule has 2 aliphatic rings. The molecule has 5 rings (SSSR count). The van der Waals surface area contributed by atoms with Gasteiger partial charge in [0.1, 0.15) is 11.9 Å². The molecule has 1 unspecified atom stereocenters. The molecule has 3 heterocycles. The molecule has 0 saturated carbocycles. The minimum Gasteiger partial charge on any atom is -0.383 e. The standard InChI is InChI=1S/C24H23N5O3S/c1-32-11-10-25-21(30)14-33-24-28-19-9-5-3-7-17(19)22-27-20(23(31)29(22)24)12-15-13-26-18-8-4-2-6-16(15)18/h2-9,13,20,26H,10-12,14H2,1H3,(H,25,30). The highest BCUT2D eigenvalue weighted by Crippen LogP contribution is 2.34. The van der Waals surface area contributed by atoms with Crippen LogP contribution in [0.15, 0.2) is 64.7 Å². The molecule has 2 aliphatic heterocycles. The van der Waals surface area contributed by atoms with Crippen molar-refractivity contribution in [1.82, 2.24) is 15.2 Å². The summed E-state index contributed by atoms with van der Waals surface area (Å²) in [4.78, 5) is 40.0. The lowest BCUT2D eigenvalue weighted by atomic mass is 10.1. The second kappa shape index (κ2) is 9.21. The monoisotopic (exact) mass is 461 g/mol. The lowest BCUT2D eigenvalue weighted by molar-refractivity contribution is -0.124. The van der Waals surface area contributed by atoms with Gasteiger partial charge in [-0.1, -0.05) is 42.1 Å². The van der Waals surface area contributed by atoms with E-state index in [1.807, 2.05) is 54.7 Å². The zero-order valence-electron chi connectivity index (χ0n) is 18.1. The first-order chi connectivity index (χ1) is 16.2. The average molecular weight is 462 g/mol. The zero-order valence-corrected chi connectivity index (χ0v) is 18.9. The van der Waals surface area contributed by atoms with Crippen LogP contribution in [0, 0.1) is 0 Å². The van der Waals surface area contributed by atoms with Crippen molar-refractivity contribution in [2.75, 3.05) is 26.0 Å². The van der Waals surface area contributed by atoms with Gasteiger partial charge >= 0.3 is 0 Å². The Hall–Kier alpha value is -3.43. The van der Waals surface area contributed by atoms with Crippen LogP contribution >= 0.6 is 11.8 Å². The van der Waals surface area contributed by atoms with Gasteiger partial charge in [0.2, 0.25) is 5.91 Å². The van der Waals surface area contributed by atoms with Crippen LogP contribution < -0.4 is 5.32 Å². The molecule has 0 aliphatic carbocycles. The lowest BCUT2D eigenvalue weighted by Gasteiger charge is -2.25. The second-order valence-corrected chi connectivity index (χ2v) is 8.69. The summed E-state index contributed by atoms with van der Waals surface area (Å²) in [5.41, 5.74) is 3.65. The quantitative estimate of drug-likeness (QED) is 0.529. The third-order valence-electron chi connectivity index (χ3n) is 5.60. The van der Waals surface area contributed by atoms with Gasteiger partial charge in [0.05, 0.1) is 18.0 Å². The highest BCUT2D eigenvalue weighted by Gasteiger charge is 2.41. The fourth-order valence-corrected chi connectivity index (χ4v) is 4.84. The van der Waals surface area contributed by atoms with Crippen molar-refractivity contribution in [2.24, 2.45) is 9.98 Å². The largest absolute Gasteiger partial charge is 0.383 e. The van der Waals surface area contributed by atoms with Gasteiger partial charge in [0.15, 0.2) is 5.17 Å². The van der Waals surface area contributed by atoms with E-state index in [0.29, 0.717) is 30.6 Å². The zero-order chi connectivity index (χ0) is 22.8. The van der Waals surface area contributed by atoms with E-state index in [-0.39, 0.29) is 17.6 Å². The Morgan fingerprint density at radius 3 is 2.91 bits per heavy atom. The maximum atomic E-state index is 13.5. The number of carbonyl (C=O) groups is 2. The summed E-state index contributed by atoms with van der Waals surface area (Å²) in [6.45, 7) is 0.884. The number of nitrogens with zero attached hydrogens (tertiary/aromatic N) is 3. The van der Waals surface area contributed by atoms with Gasteiger partial charge in [-0.25, -0.2) is 9.89 Å². The molecule has 1 aromatic heterocycles. The predicted octanol–water partition coefficient (Wildman–Crippen LogP) is 2.86. The molecule has 168 valence electrons. The minimum absolute atomic E-state index is 0.129. The highest BCUT2D eigenvalue weighted by molar-refractivity contribution is 8.14. The highest BCUT2D eigenvalue weighted by atomic mass is 32.2. The number of hydrogen-bond acceptors (Lipinski definition) is 6. The van der Waals surface area contributed by atoms with Crippen molar-refractivity contribution < 1.29 is 14.3 Å². The molecule has 0 bridgehead atoms. The van der Waals surface area contributed by atoms with Crippen molar-refractivity contribution in [1.29, 1.82) is 0 Å². The number of hydrogen-bond donors (Lipinski definition) is 2. The number of amidine groups is 2. The van der Waals surface area contributed by atoms with Gasteiger partial charge < -0.3 is 15.0 Å². The Labute approximate surface area is 195 Å². The summed E-state index contributed by atoms with van der Waals surface area (Å²) in [5, 5.41) is 4.35. The lowest BCUT2D eigenvalue weighted by Crippen LogP contribution is -2.42. The molecular weight excluding hydrogens is 438 g/mol. The molecule has 0 fully saturated rings. The van der Waals surface area contributed by atoms with Crippen LogP contribution in [0.4, 0.5) is 5.69 Å². The molecule has 2 amide bonds. The van der Waals surface area contributed by atoms with Crippen molar-refractivity contribution in [3.8, 4) is 0 Å². The first-order valence-electron chi connectivity index (χ1n) is 10.7. The molecule has 33 heavy (non-hydrogen) atoms. The molecule has 3 aromatic rings. The van der Waals surface area contributed by atoms with E-state index in [1.165, 1.54) is 11.8 Å². The molecule has 0 radical (unpaired) electrons. The molecule has 2 N–H and O–H groups in total. The Bertz CT molecular complexity index is 1280. The number of ether oxygens (including phenoxy) is 1. The summed E-state index contributed by atoms with van der Waals surface area (Å²) < 4.78 is 4.96. The molecule has 8 nitrogen and oxygen atoms in total. The number of carbonyl (C=O) groups excluding carboxylic acids is 2. The van der Waals surface area contributed by atoms with Crippen molar-refractivity contribution >= 4 is 51.2 Å². The predicted molar refractivity (Wildman–Crippen MR) is 130 cm³/mol. The summed E-state index contributed by atoms with van der Waals surface area (Å²) >= 11 is 1.24. The Balaban J connectivity index is 1.40. The minimum atomic E-state index is -0.549. The van der Waals surface area contributed by atoms with Gasteiger partial charge in [-0.15, -0.1) is 0 Å². The normalized spacial score (nSPS) is 16.9. The summed E-state index contributed by atoms with van der Waals surface area (Å²) in [5.74, 6) is 0.474. The number of benzene rings is 2. The van der Waals surface area contributed by atoms with Gasteiger partial charge in [-0.3, -0.25) is 14.6 Å². The average Bonchev–Trinajstić information content (AvgIpc) is 3.39. The number of thioether (sulfide) groups is 1. The van der Waals surface area contributed by atoms with Crippen molar-refractivity contribution in [3.63, 3.8) is 0 Å². The second-order valence-electron chi connectivity index (χ2n) is 7.75. The van der Waals surface area contributed by atoms with E-state index in [0.717, 1.165) is 27.7 Å². The number of amides is 2. The van der Waals surface area contributed by atoms with Crippen LogP contribution in [0.3, 0.4) is 0 Å². The maximum absolute atomic E-state index is 13.5. The van der Waals surface area contributed by atoms with E-state index >= 15 is 0 Å². The van der Waals surface area contributed by atoms with Crippen LogP contribution in [-0.2, 0) is 20.7 Å². The maximum Gasteiger partial charge on any atom is 0.259 e. The van der Waals surface area contributed by atoms with Gasteiger partial charge in [-0.2, -0.15) is 0 Å². The van der Waals surface area contributed by atoms with Crippen molar-refractivity contribution in [2.45, 2.75) is 12.5 Å². The SMILES string of the molecule is COCCNC(=O)CSC1=Nc2ccccc2C2=NC(Cc3c[nH]c4ccccc34)C(=O)N12. The molecule has 9 heteroatoms. The Morgan fingerprint density at radius 1 is 1.21 bits per heavy atom. The molecular formula is C24H23N5O3S. The Morgan fingerprint density at radius 2 is 2.03 bits per heavy atom. The van der Waals surface area contributed by atoms with E-state index in [4.69, 9.17) is 9.73 Å². The number of aromatic amines is 1. The van der Waals surface area contributed by atoms with Crippen LogP contribution in [0.5, 0.6) is 0 Å². The summed E-state index contributed by atoms with van der Waals surface area (Å²) in [6, 6.07) is 15.1. The van der Waals surface area contributed by atoms with Gasteiger partial charge in [-0.05, 0) is 23.8 Å². The van der Waals surface area contributed by atoms with Gasteiger partial charge in [0.25, 0.3) is 5.91 Å². The third-order valence-corrected chi connectivity index (χ3v) is 6.54. The van der Waals surface area contributed by atoms with Crippen LogP contribution in [-0.4, -0.2) is 64.8 Å². The van der Waals surface area contributed by atoms with Crippen molar-refractivity contribution in [3.05, 3.63) is 65.9 Å². The number of rotatable bonds is 7. The molecule has 2 aromatic carbocycles. The number of nitrogens with one attached hydrogen (secondary N) is 2. The molecule has 1 atom stereocenters. The van der Waals surface area contributed by atoms with Crippen LogP contribution in [0.25, 0.3) is 10.9 Å². The summed E-state index contributed by atoms with van der Waals surface area (Å²) in [7, 11) is 1.58. The smallest absolute Gasteiger partial charge is 0.259 e. The number of para-hydroxylation sites is 2. The van der Waals surface area contributed by atoms with E-state index in [1.54, 1.807) is 12.0 Å². The topological polar surface area (TPSA) is 99.1 Å². The van der Waals surface area contributed by atoms with Crippen LogP contribution in [0.1, 0.15) is 11.1 Å². The van der Waals surface area contributed by atoms with E-state index < -0.39 is 6.04 Å². The molecule has 0 spiro atoms. The summed E-state index contributed by atoms with van der Waals surface area (Å²) in [6.07, 6.45) is 2.43. The first-order valence-corrected chi connectivity index (χ1v) is 11.7. The Kier molecular flexibility index (Phi) is 5.97. The number of methoxy groups -OCH3 is 1. The van der Waals surface area contributed by atoms with Gasteiger partial charge in [0, 0.05) is 42.7 Å². The number of H-pyrrole nitrogens is 1. The first kappa shape index (κ1) is 21.4. The van der Waals surface area contributed by atoms with E-state index in [9.17, 15) is 9.59 Å². The fraction of sp³-hybridized carbons (Fsp3) is 0.250. The van der Waals surface area contributed by atoms with Crippen LogP contribution in [0.2, 0.25) is 0 Å². The number of aliphatic imine (C=N–C) groups is 2. The number of fused-ring (bicyclic) bond motifs is 4. The fourth-order valence-electron chi connectivity index (χ4n) is 4.01. The third kappa shape index (κ3) is 4.17. The van der Waals surface area contributed by atoms with E-state index in [2.05, 4.69) is 15.3 Å². The number of aromatic nitrogens is 1.